The van der Waals surface area contributed by atoms with Gasteiger partial charge in [0.1, 0.15) is 11.4 Å². The summed E-state index contributed by atoms with van der Waals surface area (Å²) in [5, 5.41) is 3.11. The number of nitrogens with zero attached hydrogens (tertiary/aromatic N) is 2. The van der Waals surface area contributed by atoms with E-state index in [9.17, 15) is 0 Å². The van der Waals surface area contributed by atoms with E-state index in [1.807, 2.05) is 13.1 Å². The lowest BCUT2D eigenvalue weighted by Gasteiger charge is -2.25. The molecule has 1 saturated heterocycles. The maximum absolute atomic E-state index is 5.84. The smallest absolute Gasteiger partial charge is 0.162 e. The molecule has 2 rings (SSSR count). The monoisotopic (exact) mass is 249 g/mol. The van der Waals surface area contributed by atoms with Crippen LogP contribution in [0, 0.1) is 0 Å². The number of hydrogen-bond acceptors (Lipinski definition) is 4. The standard InChI is InChI=1S/C14H23N3O/c1-13(2,3)10-9-11(15-5)17-12(16-10)14(4)7-6-8-18-14/h9H,6-8H2,1-5H3,(H,15,16,17). The van der Waals surface area contributed by atoms with Gasteiger partial charge < -0.3 is 10.1 Å². The summed E-state index contributed by atoms with van der Waals surface area (Å²) in [6.07, 6.45) is 2.07. The second-order valence-corrected chi connectivity index (χ2v) is 6.14. The van der Waals surface area contributed by atoms with Crippen LogP contribution in [0.15, 0.2) is 6.07 Å². The highest BCUT2D eigenvalue weighted by Gasteiger charge is 2.36. The van der Waals surface area contributed by atoms with E-state index in [1.165, 1.54) is 0 Å². The Bertz CT molecular complexity index is 431. The van der Waals surface area contributed by atoms with Crippen LogP contribution in [0.25, 0.3) is 0 Å². The molecule has 1 aromatic heterocycles. The molecule has 0 saturated carbocycles. The average molecular weight is 249 g/mol. The molecule has 1 atom stereocenters. The summed E-state index contributed by atoms with van der Waals surface area (Å²) in [6.45, 7) is 9.37. The molecule has 0 bridgehead atoms. The van der Waals surface area contributed by atoms with Gasteiger partial charge in [0.15, 0.2) is 5.82 Å². The van der Waals surface area contributed by atoms with Crippen LogP contribution in [-0.2, 0) is 15.8 Å². The third-order valence-electron chi connectivity index (χ3n) is 3.44. The van der Waals surface area contributed by atoms with Crippen molar-refractivity contribution in [2.45, 2.75) is 51.6 Å². The predicted octanol–water partition coefficient (Wildman–Crippen LogP) is 2.84. The second-order valence-electron chi connectivity index (χ2n) is 6.14. The van der Waals surface area contributed by atoms with Gasteiger partial charge in [-0.25, -0.2) is 9.97 Å². The topological polar surface area (TPSA) is 47.0 Å². The first-order chi connectivity index (χ1) is 8.35. The summed E-state index contributed by atoms with van der Waals surface area (Å²) in [6, 6.07) is 2.02. The molecule has 0 aromatic carbocycles. The Labute approximate surface area is 109 Å². The molecular weight excluding hydrogens is 226 g/mol. The Morgan fingerprint density at radius 1 is 1.33 bits per heavy atom. The maximum Gasteiger partial charge on any atom is 0.162 e. The van der Waals surface area contributed by atoms with Crippen LogP contribution in [-0.4, -0.2) is 23.6 Å². The number of hydrogen-bond donors (Lipinski definition) is 1. The average Bonchev–Trinajstić information content (AvgIpc) is 2.76. The Hall–Kier alpha value is -1.16. The van der Waals surface area contributed by atoms with Crippen LogP contribution in [0.4, 0.5) is 5.82 Å². The fraction of sp³-hybridized carbons (Fsp3) is 0.714. The highest BCUT2D eigenvalue weighted by Crippen LogP contribution is 2.35. The van der Waals surface area contributed by atoms with Gasteiger partial charge in [0, 0.05) is 25.1 Å². The van der Waals surface area contributed by atoms with Gasteiger partial charge in [-0.3, -0.25) is 0 Å². The van der Waals surface area contributed by atoms with Gasteiger partial charge >= 0.3 is 0 Å². The quantitative estimate of drug-likeness (QED) is 0.875. The van der Waals surface area contributed by atoms with Gasteiger partial charge in [-0.15, -0.1) is 0 Å². The van der Waals surface area contributed by atoms with Crippen LogP contribution in [0.3, 0.4) is 0 Å². The van der Waals surface area contributed by atoms with E-state index in [0.717, 1.165) is 36.8 Å². The van der Waals surface area contributed by atoms with Crippen molar-refractivity contribution < 1.29 is 4.74 Å². The summed E-state index contributed by atoms with van der Waals surface area (Å²) in [7, 11) is 1.89. The molecule has 2 heterocycles. The second kappa shape index (κ2) is 4.50. The molecule has 4 nitrogen and oxygen atoms in total. The fourth-order valence-electron chi connectivity index (χ4n) is 2.15. The molecule has 1 N–H and O–H groups in total. The van der Waals surface area contributed by atoms with E-state index in [1.54, 1.807) is 0 Å². The molecule has 1 aliphatic rings. The molecule has 18 heavy (non-hydrogen) atoms. The zero-order valence-corrected chi connectivity index (χ0v) is 12.0. The minimum Gasteiger partial charge on any atom is -0.373 e. The van der Waals surface area contributed by atoms with E-state index in [2.05, 4.69) is 38.0 Å². The zero-order valence-electron chi connectivity index (χ0n) is 12.0. The van der Waals surface area contributed by atoms with Gasteiger partial charge in [-0.1, -0.05) is 20.8 Å². The number of rotatable bonds is 2. The lowest BCUT2D eigenvalue weighted by molar-refractivity contribution is 0.00914. The summed E-state index contributed by atoms with van der Waals surface area (Å²) in [4.78, 5) is 9.30. The highest BCUT2D eigenvalue weighted by atomic mass is 16.5. The van der Waals surface area contributed by atoms with Crippen LogP contribution in [0.5, 0.6) is 0 Å². The van der Waals surface area contributed by atoms with Crippen LogP contribution < -0.4 is 5.32 Å². The summed E-state index contributed by atoms with van der Waals surface area (Å²) >= 11 is 0. The first-order valence-electron chi connectivity index (χ1n) is 6.57. The van der Waals surface area contributed by atoms with Gasteiger partial charge in [0.05, 0.1) is 5.69 Å². The minimum absolute atomic E-state index is 0.0122. The predicted molar refractivity (Wildman–Crippen MR) is 72.8 cm³/mol. The highest BCUT2D eigenvalue weighted by molar-refractivity contribution is 5.38. The third-order valence-corrected chi connectivity index (χ3v) is 3.44. The van der Waals surface area contributed by atoms with E-state index in [-0.39, 0.29) is 11.0 Å². The van der Waals surface area contributed by atoms with Gasteiger partial charge in [-0.2, -0.15) is 0 Å². The number of nitrogens with one attached hydrogen (secondary N) is 1. The fourth-order valence-corrected chi connectivity index (χ4v) is 2.15. The molecule has 1 unspecified atom stereocenters. The van der Waals surface area contributed by atoms with Crippen molar-refractivity contribution in [1.82, 2.24) is 9.97 Å². The third kappa shape index (κ3) is 2.48. The van der Waals surface area contributed by atoms with Crippen molar-refractivity contribution in [1.29, 1.82) is 0 Å². The molecule has 1 aliphatic heterocycles. The SMILES string of the molecule is CNc1cc(C(C)(C)C)nc(C2(C)CCCO2)n1. The van der Waals surface area contributed by atoms with E-state index < -0.39 is 0 Å². The Kier molecular flexibility index (Phi) is 3.32. The summed E-state index contributed by atoms with van der Waals surface area (Å²) in [5.41, 5.74) is 0.735. The van der Waals surface area contributed by atoms with Crippen LogP contribution in [0.2, 0.25) is 0 Å². The maximum atomic E-state index is 5.84. The molecule has 1 aromatic rings. The molecule has 0 aliphatic carbocycles. The molecule has 0 amide bonds. The number of aromatic nitrogens is 2. The van der Waals surface area contributed by atoms with Crippen molar-refractivity contribution in [2.75, 3.05) is 19.0 Å². The van der Waals surface area contributed by atoms with Gasteiger partial charge in [-0.05, 0) is 19.8 Å². The molecule has 100 valence electrons. The van der Waals surface area contributed by atoms with Crippen molar-refractivity contribution in [2.24, 2.45) is 0 Å². The first kappa shape index (κ1) is 13.3. The van der Waals surface area contributed by atoms with Crippen LogP contribution in [0.1, 0.15) is 52.1 Å². The lowest BCUT2D eigenvalue weighted by Crippen LogP contribution is -2.26. The first-order valence-corrected chi connectivity index (χ1v) is 6.57. The Morgan fingerprint density at radius 3 is 2.56 bits per heavy atom. The lowest BCUT2D eigenvalue weighted by atomic mass is 9.91. The van der Waals surface area contributed by atoms with E-state index in [0.29, 0.717) is 0 Å². The van der Waals surface area contributed by atoms with Gasteiger partial charge in [0.2, 0.25) is 0 Å². The van der Waals surface area contributed by atoms with E-state index in [4.69, 9.17) is 9.72 Å². The molecule has 0 spiro atoms. The number of ether oxygens (including phenoxy) is 1. The molecular formula is C14H23N3O. The minimum atomic E-state index is -0.327. The summed E-state index contributed by atoms with van der Waals surface area (Å²) < 4.78 is 5.84. The van der Waals surface area contributed by atoms with Crippen molar-refractivity contribution in [3.05, 3.63) is 17.6 Å². The Morgan fingerprint density at radius 2 is 2.06 bits per heavy atom. The van der Waals surface area contributed by atoms with Crippen molar-refractivity contribution in [3.8, 4) is 0 Å². The molecule has 0 radical (unpaired) electrons. The largest absolute Gasteiger partial charge is 0.373 e. The van der Waals surface area contributed by atoms with Crippen LogP contribution >= 0.6 is 0 Å². The number of anilines is 1. The molecule has 1 fully saturated rings. The molecule has 4 heteroatoms. The van der Waals surface area contributed by atoms with Crippen molar-refractivity contribution >= 4 is 5.82 Å². The Balaban J connectivity index is 2.47. The van der Waals surface area contributed by atoms with Crippen molar-refractivity contribution in [3.63, 3.8) is 0 Å². The van der Waals surface area contributed by atoms with E-state index >= 15 is 0 Å². The summed E-state index contributed by atoms with van der Waals surface area (Å²) in [5.74, 6) is 1.67. The normalized spacial score (nSPS) is 24.3. The zero-order chi connectivity index (χ0) is 13.4. The van der Waals surface area contributed by atoms with Gasteiger partial charge in [0.25, 0.3) is 0 Å².